The van der Waals surface area contributed by atoms with Crippen LogP contribution in [0.3, 0.4) is 0 Å². The molecule has 0 aliphatic heterocycles. The monoisotopic (exact) mass is 274 g/mol. The molecule has 110 valence electrons. The summed E-state index contributed by atoms with van der Waals surface area (Å²) in [4.78, 5) is 12.4. The molecular formula is C17H26N2O. The Balaban J connectivity index is 2.08. The number of rotatable bonds is 2. The van der Waals surface area contributed by atoms with Crippen molar-refractivity contribution in [3.8, 4) is 0 Å². The summed E-state index contributed by atoms with van der Waals surface area (Å²) in [5.41, 5.74) is 8.05. The van der Waals surface area contributed by atoms with Crippen molar-refractivity contribution in [2.45, 2.75) is 57.9 Å². The third kappa shape index (κ3) is 3.60. The van der Waals surface area contributed by atoms with Gasteiger partial charge in [0.2, 0.25) is 5.91 Å². The van der Waals surface area contributed by atoms with Gasteiger partial charge in [-0.15, -0.1) is 0 Å². The lowest BCUT2D eigenvalue weighted by Crippen LogP contribution is -2.33. The highest BCUT2D eigenvalue weighted by Gasteiger charge is 2.26. The van der Waals surface area contributed by atoms with Gasteiger partial charge in [0, 0.05) is 17.6 Å². The van der Waals surface area contributed by atoms with Crippen LogP contribution in [0.4, 0.5) is 5.69 Å². The van der Waals surface area contributed by atoms with Gasteiger partial charge in [0.25, 0.3) is 0 Å². The maximum absolute atomic E-state index is 12.4. The molecule has 1 fully saturated rings. The van der Waals surface area contributed by atoms with Gasteiger partial charge in [0.1, 0.15) is 0 Å². The summed E-state index contributed by atoms with van der Waals surface area (Å²) < 4.78 is 0. The number of nitrogens with one attached hydrogen (secondary N) is 1. The van der Waals surface area contributed by atoms with Crippen molar-refractivity contribution >= 4 is 11.6 Å². The molecule has 1 aliphatic rings. The van der Waals surface area contributed by atoms with Crippen LogP contribution in [0, 0.1) is 5.92 Å². The summed E-state index contributed by atoms with van der Waals surface area (Å²) in [6.07, 6.45) is 3.73. The van der Waals surface area contributed by atoms with E-state index < -0.39 is 0 Å². The number of hydrogen-bond donors (Lipinski definition) is 2. The van der Waals surface area contributed by atoms with Crippen molar-refractivity contribution in [1.29, 1.82) is 0 Å². The van der Waals surface area contributed by atoms with Gasteiger partial charge in [-0.2, -0.15) is 0 Å². The Hall–Kier alpha value is -1.35. The predicted octanol–water partition coefficient (Wildman–Crippen LogP) is 3.44. The fourth-order valence-corrected chi connectivity index (χ4v) is 2.86. The van der Waals surface area contributed by atoms with Gasteiger partial charge in [-0.3, -0.25) is 4.79 Å². The highest BCUT2D eigenvalue weighted by Crippen LogP contribution is 2.31. The fourth-order valence-electron chi connectivity index (χ4n) is 2.86. The van der Waals surface area contributed by atoms with Crippen LogP contribution in [0.1, 0.15) is 52.0 Å². The van der Waals surface area contributed by atoms with E-state index in [0.717, 1.165) is 31.4 Å². The van der Waals surface area contributed by atoms with Gasteiger partial charge in [-0.1, -0.05) is 39.0 Å². The molecule has 20 heavy (non-hydrogen) atoms. The Morgan fingerprint density at radius 2 is 1.75 bits per heavy atom. The summed E-state index contributed by atoms with van der Waals surface area (Å²) >= 11 is 0. The number of benzene rings is 1. The largest absolute Gasteiger partial charge is 0.328 e. The number of carbonyl (C=O) groups excluding carboxylic acids is 1. The standard InChI is InChI=1S/C17H26N2O/c1-17(2,3)14-6-4-5-7-15(14)19-16(20)12-8-10-13(18)11-9-12/h4-7,12-13H,8-11,18H2,1-3H3,(H,19,20). The van der Waals surface area contributed by atoms with Crippen LogP contribution in [0.25, 0.3) is 0 Å². The van der Waals surface area contributed by atoms with Crippen molar-refractivity contribution in [1.82, 2.24) is 0 Å². The van der Waals surface area contributed by atoms with E-state index in [9.17, 15) is 4.79 Å². The van der Waals surface area contributed by atoms with E-state index in [-0.39, 0.29) is 23.3 Å². The van der Waals surface area contributed by atoms with E-state index in [1.807, 2.05) is 18.2 Å². The highest BCUT2D eigenvalue weighted by atomic mass is 16.1. The minimum atomic E-state index is 0.0266. The van der Waals surface area contributed by atoms with Crippen LogP contribution in [0.15, 0.2) is 24.3 Å². The van der Waals surface area contributed by atoms with Crippen LogP contribution in [0.2, 0.25) is 0 Å². The van der Waals surface area contributed by atoms with E-state index in [0.29, 0.717) is 0 Å². The minimum Gasteiger partial charge on any atom is -0.328 e. The molecule has 1 aliphatic carbocycles. The Bertz CT molecular complexity index is 468. The van der Waals surface area contributed by atoms with Gasteiger partial charge in [0.05, 0.1) is 0 Å². The molecule has 0 heterocycles. The average molecular weight is 274 g/mol. The molecule has 0 radical (unpaired) electrons. The fraction of sp³-hybridized carbons (Fsp3) is 0.588. The first kappa shape index (κ1) is 15.0. The Kier molecular flexibility index (Phi) is 4.48. The smallest absolute Gasteiger partial charge is 0.227 e. The van der Waals surface area contributed by atoms with Crippen LogP contribution in [-0.4, -0.2) is 11.9 Å². The maximum atomic E-state index is 12.4. The lowest BCUT2D eigenvalue weighted by molar-refractivity contribution is -0.120. The molecule has 3 nitrogen and oxygen atoms in total. The molecule has 2 rings (SSSR count). The zero-order chi connectivity index (χ0) is 14.8. The SMILES string of the molecule is CC(C)(C)c1ccccc1NC(=O)C1CCC(N)CC1. The lowest BCUT2D eigenvalue weighted by atomic mass is 9.84. The highest BCUT2D eigenvalue weighted by molar-refractivity contribution is 5.93. The molecule has 0 saturated heterocycles. The summed E-state index contributed by atoms with van der Waals surface area (Å²) in [7, 11) is 0. The second kappa shape index (κ2) is 5.96. The van der Waals surface area contributed by atoms with Crippen molar-refractivity contribution in [2.24, 2.45) is 11.7 Å². The molecule has 0 aromatic heterocycles. The van der Waals surface area contributed by atoms with Crippen molar-refractivity contribution in [2.75, 3.05) is 5.32 Å². The Morgan fingerprint density at radius 1 is 1.15 bits per heavy atom. The van der Waals surface area contributed by atoms with E-state index in [2.05, 4.69) is 32.2 Å². The van der Waals surface area contributed by atoms with Gasteiger partial charge >= 0.3 is 0 Å². The quantitative estimate of drug-likeness (QED) is 0.868. The Labute approximate surface area is 121 Å². The van der Waals surface area contributed by atoms with Crippen molar-refractivity contribution in [3.05, 3.63) is 29.8 Å². The first-order valence-electron chi connectivity index (χ1n) is 7.54. The zero-order valence-electron chi connectivity index (χ0n) is 12.8. The van der Waals surface area contributed by atoms with Crippen LogP contribution in [0.5, 0.6) is 0 Å². The zero-order valence-corrected chi connectivity index (χ0v) is 12.8. The Morgan fingerprint density at radius 3 is 2.35 bits per heavy atom. The number of nitrogens with two attached hydrogens (primary N) is 1. The molecule has 0 bridgehead atoms. The minimum absolute atomic E-state index is 0.0266. The first-order chi connectivity index (χ1) is 9.38. The molecule has 3 N–H and O–H groups in total. The van der Waals surface area contributed by atoms with Gasteiger partial charge in [-0.25, -0.2) is 0 Å². The second-order valence-corrected chi connectivity index (χ2v) is 6.90. The topological polar surface area (TPSA) is 55.1 Å². The molecular weight excluding hydrogens is 248 g/mol. The number of para-hydroxylation sites is 1. The van der Waals surface area contributed by atoms with E-state index in [4.69, 9.17) is 5.73 Å². The van der Waals surface area contributed by atoms with Gasteiger partial charge in [-0.05, 0) is 42.7 Å². The van der Waals surface area contributed by atoms with Crippen LogP contribution >= 0.6 is 0 Å². The number of amides is 1. The molecule has 1 amide bonds. The third-order valence-electron chi connectivity index (χ3n) is 4.14. The molecule has 1 aromatic carbocycles. The maximum Gasteiger partial charge on any atom is 0.227 e. The van der Waals surface area contributed by atoms with E-state index in [1.54, 1.807) is 0 Å². The number of carbonyl (C=O) groups is 1. The first-order valence-corrected chi connectivity index (χ1v) is 7.54. The molecule has 3 heteroatoms. The molecule has 1 saturated carbocycles. The van der Waals surface area contributed by atoms with Gasteiger partial charge < -0.3 is 11.1 Å². The molecule has 1 aromatic rings. The second-order valence-electron chi connectivity index (χ2n) is 6.90. The van der Waals surface area contributed by atoms with E-state index >= 15 is 0 Å². The summed E-state index contributed by atoms with van der Waals surface area (Å²) in [6, 6.07) is 8.36. The number of hydrogen-bond acceptors (Lipinski definition) is 2. The lowest BCUT2D eigenvalue weighted by Gasteiger charge is -2.27. The third-order valence-corrected chi connectivity index (χ3v) is 4.14. The van der Waals surface area contributed by atoms with Crippen molar-refractivity contribution in [3.63, 3.8) is 0 Å². The molecule has 0 atom stereocenters. The van der Waals surface area contributed by atoms with Crippen molar-refractivity contribution < 1.29 is 4.79 Å². The summed E-state index contributed by atoms with van der Waals surface area (Å²) in [5, 5.41) is 3.12. The van der Waals surface area contributed by atoms with Crippen LogP contribution in [-0.2, 0) is 10.2 Å². The van der Waals surface area contributed by atoms with E-state index in [1.165, 1.54) is 5.56 Å². The van der Waals surface area contributed by atoms with Crippen LogP contribution < -0.4 is 11.1 Å². The predicted molar refractivity (Wildman–Crippen MR) is 83.7 cm³/mol. The number of anilines is 1. The molecule has 0 unspecified atom stereocenters. The average Bonchev–Trinajstić information content (AvgIpc) is 2.38. The van der Waals surface area contributed by atoms with Gasteiger partial charge in [0.15, 0.2) is 0 Å². The summed E-state index contributed by atoms with van der Waals surface area (Å²) in [6.45, 7) is 6.49. The molecule has 0 spiro atoms. The summed E-state index contributed by atoms with van der Waals surface area (Å²) in [5.74, 6) is 0.261. The normalized spacial score (nSPS) is 23.4.